The molecule has 2 saturated carbocycles. The summed E-state index contributed by atoms with van der Waals surface area (Å²) in [4.78, 5) is 11.8. The van der Waals surface area contributed by atoms with E-state index in [4.69, 9.17) is 0 Å². The van der Waals surface area contributed by atoms with Gasteiger partial charge in [-0.15, -0.1) is 0 Å². The molecule has 3 heteroatoms. The van der Waals surface area contributed by atoms with E-state index in [9.17, 15) is 9.90 Å². The fourth-order valence-electron chi connectivity index (χ4n) is 5.09. The number of aliphatic carboxylic acids is 1. The van der Waals surface area contributed by atoms with Gasteiger partial charge in [-0.3, -0.25) is 4.79 Å². The molecule has 2 aliphatic rings. The Hall–Kier alpha value is -1.35. The smallest absolute Gasteiger partial charge is 0.309 e. The quantitative estimate of drug-likeness (QED) is 0.856. The number of carbonyl (C=O) groups is 1. The first-order valence-corrected chi connectivity index (χ1v) is 9.13. The highest BCUT2D eigenvalue weighted by Gasteiger charge is 2.53. The molecule has 3 nitrogen and oxygen atoms in total. The fraction of sp³-hybridized carbons (Fsp3) is 0.667. The third-order valence-electron chi connectivity index (χ3n) is 5.81. The van der Waals surface area contributed by atoms with Gasteiger partial charge in [-0.1, -0.05) is 37.3 Å². The monoisotopic (exact) mass is 332 g/mol. The van der Waals surface area contributed by atoms with Crippen molar-refractivity contribution < 1.29 is 14.6 Å². The zero-order valence-electron chi connectivity index (χ0n) is 15.5. The summed E-state index contributed by atoms with van der Waals surface area (Å²) in [5, 5.41) is 9.68. The van der Waals surface area contributed by atoms with Crippen molar-refractivity contribution in [3.05, 3.63) is 35.9 Å². The highest BCUT2D eigenvalue weighted by atomic mass is 16.5. The maximum Gasteiger partial charge on any atom is 0.309 e. The Kier molecular flexibility index (Phi) is 6.08. The van der Waals surface area contributed by atoms with E-state index >= 15 is 0 Å². The number of fused-ring (bicyclic) bond motifs is 2. The van der Waals surface area contributed by atoms with Crippen LogP contribution in [0, 0.1) is 17.3 Å². The lowest BCUT2D eigenvalue weighted by Crippen LogP contribution is -2.49. The van der Waals surface area contributed by atoms with Crippen LogP contribution in [0.1, 0.15) is 58.4 Å². The number of carboxylic acids is 1. The summed E-state index contributed by atoms with van der Waals surface area (Å²) in [5.74, 6) is 0.651. The number of ether oxygens (including phenoxy) is 1. The van der Waals surface area contributed by atoms with E-state index in [1.807, 2.05) is 19.9 Å². The molecule has 1 aromatic rings. The van der Waals surface area contributed by atoms with Crippen molar-refractivity contribution in [2.45, 2.75) is 58.3 Å². The lowest BCUT2D eigenvalue weighted by atomic mass is 9.50. The Morgan fingerprint density at radius 3 is 2.42 bits per heavy atom. The van der Waals surface area contributed by atoms with Crippen molar-refractivity contribution in [2.24, 2.45) is 17.3 Å². The minimum atomic E-state index is -0.614. The highest BCUT2D eigenvalue weighted by Crippen LogP contribution is 2.57. The van der Waals surface area contributed by atoms with E-state index in [0.717, 1.165) is 25.9 Å². The highest BCUT2D eigenvalue weighted by molar-refractivity contribution is 5.74. The maximum atomic E-state index is 11.8. The first-order valence-electron chi connectivity index (χ1n) is 9.13. The van der Waals surface area contributed by atoms with E-state index < -0.39 is 11.4 Å². The number of rotatable bonds is 3. The van der Waals surface area contributed by atoms with Crippen LogP contribution >= 0.6 is 0 Å². The van der Waals surface area contributed by atoms with E-state index in [-0.39, 0.29) is 5.41 Å². The molecule has 2 fully saturated rings. The molecule has 0 aromatic heterocycles. The molecule has 0 spiro atoms. The second-order valence-corrected chi connectivity index (χ2v) is 8.09. The van der Waals surface area contributed by atoms with Gasteiger partial charge in [0.05, 0.1) is 5.41 Å². The van der Waals surface area contributed by atoms with Crippen LogP contribution in [0.15, 0.2) is 30.3 Å². The molecule has 0 heterocycles. The molecular weight excluding hydrogens is 300 g/mol. The molecule has 4 unspecified atom stereocenters. The van der Waals surface area contributed by atoms with Gasteiger partial charge in [0.2, 0.25) is 0 Å². The van der Waals surface area contributed by atoms with Crippen LogP contribution in [0.25, 0.3) is 0 Å². The van der Waals surface area contributed by atoms with Gasteiger partial charge < -0.3 is 9.84 Å². The van der Waals surface area contributed by atoms with Crippen LogP contribution in [-0.2, 0) is 14.9 Å². The second-order valence-electron chi connectivity index (χ2n) is 8.09. The summed E-state index contributed by atoms with van der Waals surface area (Å²) >= 11 is 0. The number of benzene rings is 1. The summed E-state index contributed by atoms with van der Waals surface area (Å²) in [6.07, 6.45) is 5.14. The van der Waals surface area contributed by atoms with Gasteiger partial charge in [-0.05, 0) is 68.8 Å². The Morgan fingerprint density at radius 2 is 1.88 bits per heavy atom. The standard InChI is InChI=1S/C18H24O2.C3H8O/c1-13-8-14-10-17(2,16(19)20)12-18(9-13,11-14)15-6-4-3-5-7-15;1-3-4-2/h3-7,13-14H,8-12H2,1-2H3,(H,19,20);3H2,1-2H3. The predicted molar refractivity (Wildman–Crippen MR) is 97.2 cm³/mol. The molecule has 2 bridgehead atoms. The Morgan fingerprint density at radius 1 is 1.25 bits per heavy atom. The molecule has 0 saturated heterocycles. The zero-order chi connectivity index (χ0) is 17.8. The first kappa shape index (κ1) is 19.0. The summed E-state index contributed by atoms with van der Waals surface area (Å²) in [6, 6.07) is 10.6. The molecule has 1 aromatic carbocycles. The largest absolute Gasteiger partial charge is 0.481 e. The number of hydrogen-bond acceptors (Lipinski definition) is 2. The third-order valence-corrected chi connectivity index (χ3v) is 5.81. The third kappa shape index (κ3) is 4.00. The van der Waals surface area contributed by atoms with Crippen LogP contribution in [0.5, 0.6) is 0 Å². The molecule has 24 heavy (non-hydrogen) atoms. The fourth-order valence-corrected chi connectivity index (χ4v) is 5.09. The summed E-state index contributed by atoms with van der Waals surface area (Å²) in [5.41, 5.74) is 0.872. The Balaban J connectivity index is 0.000000471. The van der Waals surface area contributed by atoms with E-state index in [2.05, 4.69) is 35.9 Å². The van der Waals surface area contributed by atoms with Gasteiger partial charge in [0.1, 0.15) is 0 Å². The molecule has 0 radical (unpaired) electrons. The van der Waals surface area contributed by atoms with Gasteiger partial charge in [0.25, 0.3) is 0 Å². The van der Waals surface area contributed by atoms with Crippen molar-refractivity contribution in [1.29, 1.82) is 0 Å². The van der Waals surface area contributed by atoms with Gasteiger partial charge in [-0.25, -0.2) is 0 Å². The summed E-state index contributed by atoms with van der Waals surface area (Å²) < 4.78 is 4.54. The van der Waals surface area contributed by atoms with Gasteiger partial charge >= 0.3 is 5.97 Å². The van der Waals surface area contributed by atoms with Crippen LogP contribution in [0.4, 0.5) is 0 Å². The number of hydrogen-bond donors (Lipinski definition) is 1. The molecule has 134 valence electrons. The molecule has 0 amide bonds. The van der Waals surface area contributed by atoms with Crippen LogP contribution < -0.4 is 0 Å². The normalized spacial score (nSPS) is 34.8. The molecular formula is C21H32O3. The van der Waals surface area contributed by atoms with Crippen molar-refractivity contribution >= 4 is 5.97 Å². The summed E-state index contributed by atoms with van der Waals surface area (Å²) in [6.45, 7) is 7.06. The van der Waals surface area contributed by atoms with E-state index in [0.29, 0.717) is 11.8 Å². The average molecular weight is 332 g/mol. The van der Waals surface area contributed by atoms with Crippen molar-refractivity contribution in [1.82, 2.24) is 0 Å². The van der Waals surface area contributed by atoms with Gasteiger partial charge in [0, 0.05) is 13.7 Å². The van der Waals surface area contributed by atoms with Crippen molar-refractivity contribution in [3.8, 4) is 0 Å². The second kappa shape index (κ2) is 7.69. The molecule has 2 aliphatic carbocycles. The lowest BCUT2D eigenvalue weighted by molar-refractivity contribution is -0.154. The maximum absolute atomic E-state index is 11.8. The minimum Gasteiger partial charge on any atom is -0.481 e. The summed E-state index contributed by atoms with van der Waals surface area (Å²) in [7, 11) is 1.68. The van der Waals surface area contributed by atoms with Crippen molar-refractivity contribution in [2.75, 3.05) is 13.7 Å². The van der Waals surface area contributed by atoms with Crippen molar-refractivity contribution in [3.63, 3.8) is 0 Å². The average Bonchev–Trinajstić information content (AvgIpc) is 2.54. The number of carboxylic acid groups (broad SMARTS) is 1. The van der Waals surface area contributed by atoms with E-state index in [1.165, 1.54) is 18.4 Å². The van der Waals surface area contributed by atoms with Crippen LogP contribution in [0.2, 0.25) is 0 Å². The molecule has 1 N–H and O–H groups in total. The SMILES string of the molecule is CC1CC2CC(C)(C(=O)O)CC(c3ccccc3)(C1)C2.CCOC. The molecule has 3 rings (SSSR count). The topological polar surface area (TPSA) is 46.5 Å². The number of methoxy groups -OCH3 is 1. The lowest BCUT2D eigenvalue weighted by Gasteiger charge is -2.53. The van der Waals surface area contributed by atoms with Gasteiger partial charge in [-0.2, -0.15) is 0 Å². The first-order chi connectivity index (χ1) is 11.3. The molecule has 0 aliphatic heterocycles. The van der Waals surface area contributed by atoms with Gasteiger partial charge in [0.15, 0.2) is 0 Å². The Labute approximate surface area is 146 Å². The zero-order valence-corrected chi connectivity index (χ0v) is 15.5. The minimum absolute atomic E-state index is 0.0784. The Bertz CT molecular complexity index is 535. The molecule has 4 atom stereocenters. The van der Waals surface area contributed by atoms with Crippen LogP contribution in [-0.4, -0.2) is 24.8 Å². The predicted octanol–water partition coefficient (Wildman–Crippen LogP) is 4.90. The van der Waals surface area contributed by atoms with Crippen LogP contribution in [0.3, 0.4) is 0 Å². The van der Waals surface area contributed by atoms with E-state index in [1.54, 1.807) is 7.11 Å².